The molecule has 2 saturated heterocycles. The summed E-state index contributed by atoms with van der Waals surface area (Å²) in [7, 11) is 0. The third-order valence-corrected chi connectivity index (χ3v) is 6.07. The zero-order valence-corrected chi connectivity index (χ0v) is 15.0. The Hall–Kier alpha value is -1.55. The van der Waals surface area contributed by atoms with Crippen LogP contribution in [0, 0.1) is 5.92 Å². The van der Waals surface area contributed by atoms with Crippen LogP contribution in [0.4, 0.5) is 0 Å². The minimum atomic E-state index is 0.197. The summed E-state index contributed by atoms with van der Waals surface area (Å²) in [6.45, 7) is 2.36. The summed E-state index contributed by atoms with van der Waals surface area (Å²) >= 11 is 0. The molecule has 0 spiro atoms. The lowest BCUT2D eigenvalue weighted by Gasteiger charge is -2.44. The van der Waals surface area contributed by atoms with Crippen LogP contribution in [-0.4, -0.2) is 42.7 Å². The highest BCUT2D eigenvalue weighted by Gasteiger charge is 2.35. The van der Waals surface area contributed by atoms with Crippen LogP contribution in [0.2, 0.25) is 0 Å². The van der Waals surface area contributed by atoms with Gasteiger partial charge in [-0.1, -0.05) is 12.8 Å². The standard InChI is InChI=1S/C21H29NO3/c23-21(22-13-3-6-16-5-1-2-8-20(16)22)17-9-11-18(12-10-17)25-15-19-7-4-14-24-19/h9-12,16,19-20H,1-8,13-15H2/t16-,19-,20+/m0/s1. The Morgan fingerprint density at radius 3 is 2.64 bits per heavy atom. The van der Waals surface area contributed by atoms with Crippen LogP contribution >= 0.6 is 0 Å². The molecule has 1 saturated carbocycles. The van der Waals surface area contributed by atoms with Gasteiger partial charge in [-0.3, -0.25) is 4.79 Å². The predicted molar refractivity (Wildman–Crippen MR) is 96.9 cm³/mol. The molecule has 2 aliphatic heterocycles. The van der Waals surface area contributed by atoms with Crippen LogP contribution in [0.3, 0.4) is 0 Å². The first-order chi connectivity index (χ1) is 12.3. The second-order valence-electron chi connectivity index (χ2n) is 7.72. The number of hydrogen-bond donors (Lipinski definition) is 0. The van der Waals surface area contributed by atoms with E-state index >= 15 is 0 Å². The first-order valence-corrected chi connectivity index (χ1v) is 9.97. The lowest BCUT2D eigenvalue weighted by molar-refractivity contribution is 0.0390. The van der Waals surface area contributed by atoms with Crippen molar-refractivity contribution in [2.24, 2.45) is 5.92 Å². The van der Waals surface area contributed by atoms with Crippen molar-refractivity contribution in [2.75, 3.05) is 19.8 Å². The number of nitrogens with zero attached hydrogens (tertiary/aromatic N) is 1. The van der Waals surface area contributed by atoms with Gasteiger partial charge >= 0.3 is 0 Å². The summed E-state index contributed by atoms with van der Waals surface area (Å²) in [6, 6.07) is 8.14. The lowest BCUT2D eigenvalue weighted by atomic mass is 9.78. The SMILES string of the molecule is O=C(c1ccc(OC[C@@H]2CCCO2)cc1)N1CCC[C@@H]2CCCC[C@H]21. The molecule has 4 nitrogen and oxygen atoms in total. The van der Waals surface area contributed by atoms with E-state index in [0.29, 0.717) is 12.6 Å². The van der Waals surface area contributed by atoms with Crippen LogP contribution in [0.1, 0.15) is 61.7 Å². The molecular weight excluding hydrogens is 314 g/mol. The zero-order valence-electron chi connectivity index (χ0n) is 15.0. The number of carbonyl (C=O) groups excluding carboxylic acids is 1. The molecule has 0 unspecified atom stereocenters. The Labute approximate surface area is 150 Å². The highest BCUT2D eigenvalue weighted by molar-refractivity contribution is 5.94. The van der Waals surface area contributed by atoms with Crippen molar-refractivity contribution in [3.8, 4) is 5.75 Å². The number of amides is 1. The fourth-order valence-corrected chi connectivity index (χ4v) is 4.70. The first kappa shape index (κ1) is 16.9. The second-order valence-corrected chi connectivity index (χ2v) is 7.72. The molecule has 0 aromatic heterocycles. The first-order valence-electron chi connectivity index (χ1n) is 9.97. The largest absolute Gasteiger partial charge is 0.491 e. The van der Waals surface area contributed by atoms with E-state index < -0.39 is 0 Å². The molecule has 1 aromatic rings. The van der Waals surface area contributed by atoms with Crippen molar-refractivity contribution < 1.29 is 14.3 Å². The van der Waals surface area contributed by atoms with Gasteiger partial charge in [0.1, 0.15) is 12.4 Å². The van der Waals surface area contributed by atoms with E-state index in [1.165, 1.54) is 32.1 Å². The van der Waals surface area contributed by atoms with Crippen molar-refractivity contribution in [2.45, 2.75) is 63.5 Å². The molecule has 25 heavy (non-hydrogen) atoms. The molecule has 0 bridgehead atoms. The van der Waals surface area contributed by atoms with Crippen LogP contribution < -0.4 is 4.74 Å². The minimum absolute atomic E-state index is 0.197. The lowest BCUT2D eigenvalue weighted by Crippen LogP contribution is -2.49. The van der Waals surface area contributed by atoms with E-state index in [4.69, 9.17) is 9.47 Å². The van der Waals surface area contributed by atoms with E-state index in [2.05, 4.69) is 4.90 Å². The quantitative estimate of drug-likeness (QED) is 0.828. The molecule has 0 N–H and O–H groups in total. The van der Waals surface area contributed by atoms with Crippen molar-refractivity contribution in [1.82, 2.24) is 4.90 Å². The van der Waals surface area contributed by atoms with E-state index in [1.807, 2.05) is 24.3 Å². The normalized spacial score (nSPS) is 29.3. The van der Waals surface area contributed by atoms with Gasteiger partial charge in [0.2, 0.25) is 0 Å². The van der Waals surface area contributed by atoms with Gasteiger partial charge in [0, 0.05) is 24.8 Å². The Morgan fingerprint density at radius 1 is 1.04 bits per heavy atom. The summed E-state index contributed by atoms with van der Waals surface area (Å²) < 4.78 is 11.4. The van der Waals surface area contributed by atoms with Crippen molar-refractivity contribution in [3.05, 3.63) is 29.8 Å². The molecule has 1 aromatic carbocycles. The number of benzene rings is 1. The van der Waals surface area contributed by atoms with Gasteiger partial charge in [0.25, 0.3) is 5.91 Å². The Morgan fingerprint density at radius 2 is 1.84 bits per heavy atom. The molecule has 1 amide bonds. The molecule has 3 atom stereocenters. The second kappa shape index (κ2) is 7.77. The molecule has 136 valence electrons. The maximum Gasteiger partial charge on any atom is 0.254 e. The number of ether oxygens (including phenoxy) is 2. The number of carbonyl (C=O) groups is 1. The van der Waals surface area contributed by atoms with Crippen LogP contribution in [0.5, 0.6) is 5.75 Å². The third-order valence-electron chi connectivity index (χ3n) is 6.07. The fraction of sp³-hybridized carbons (Fsp3) is 0.667. The summed E-state index contributed by atoms with van der Waals surface area (Å²) in [5.74, 6) is 1.74. The predicted octanol–water partition coefficient (Wildman–Crippen LogP) is 4.04. The third kappa shape index (κ3) is 3.84. The van der Waals surface area contributed by atoms with Crippen molar-refractivity contribution in [1.29, 1.82) is 0 Å². The summed E-state index contributed by atoms with van der Waals surface area (Å²) in [4.78, 5) is 15.1. The molecular formula is C21H29NO3. The number of piperidine rings is 1. The Bertz CT molecular complexity index is 577. The van der Waals surface area contributed by atoms with Crippen LogP contribution in [0.25, 0.3) is 0 Å². The van der Waals surface area contributed by atoms with E-state index in [9.17, 15) is 4.79 Å². The molecule has 4 heteroatoms. The number of hydrogen-bond acceptors (Lipinski definition) is 3. The highest BCUT2D eigenvalue weighted by Crippen LogP contribution is 2.36. The number of fused-ring (bicyclic) bond motifs is 1. The molecule has 3 fully saturated rings. The maximum atomic E-state index is 13.0. The fourth-order valence-electron chi connectivity index (χ4n) is 4.70. The van der Waals surface area contributed by atoms with E-state index in [0.717, 1.165) is 49.6 Å². The average Bonchev–Trinajstić information content (AvgIpc) is 3.19. The molecule has 3 aliphatic rings. The van der Waals surface area contributed by atoms with Gasteiger partial charge in [-0.2, -0.15) is 0 Å². The number of rotatable bonds is 4. The zero-order chi connectivity index (χ0) is 17.1. The van der Waals surface area contributed by atoms with E-state index in [1.54, 1.807) is 0 Å². The van der Waals surface area contributed by atoms with Gasteiger partial charge in [-0.25, -0.2) is 0 Å². The molecule has 1 aliphatic carbocycles. The average molecular weight is 343 g/mol. The molecule has 0 radical (unpaired) electrons. The smallest absolute Gasteiger partial charge is 0.254 e. The van der Waals surface area contributed by atoms with Gasteiger partial charge in [-0.15, -0.1) is 0 Å². The molecule has 2 heterocycles. The van der Waals surface area contributed by atoms with Crippen molar-refractivity contribution in [3.63, 3.8) is 0 Å². The van der Waals surface area contributed by atoms with Crippen LogP contribution in [0.15, 0.2) is 24.3 Å². The Balaban J connectivity index is 1.37. The van der Waals surface area contributed by atoms with Gasteiger partial charge in [0.05, 0.1) is 6.10 Å². The monoisotopic (exact) mass is 343 g/mol. The topological polar surface area (TPSA) is 38.8 Å². The highest BCUT2D eigenvalue weighted by atomic mass is 16.5. The van der Waals surface area contributed by atoms with Gasteiger partial charge < -0.3 is 14.4 Å². The van der Waals surface area contributed by atoms with Crippen molar-refractivity contribution >= 4 is 5.91 Å². The molecule has 4 rings (SSSR count). The Kier molecular flexibility index (Phi) is 5.25. The van der Waals surface area contributed by atoms with Gasteiger partial charge in [0.15, 0.2) is 0 Å². The summed E-state index contributed by atoms with van der Waals surface area (Å²) in [5, 5.41) is 0. The van der Waals surface area contributed by atoms with E-state index in [-0.39, 0.29) is 12.0 Å². The summed E-state index contributed by atoms with van der Waals surface area (Å²) in [6.07, 6.45) is 9.94. The number of likely N-dealkylation sites (tertiary alicyclic amines) is 1. The minimum Gasteiger partial charge on any atom is -0.491 e. The maximum absolute atomic E-state index is 13.0. The summed E-state index contributed by atoms with van der Waals surface area (Å²) in [5.41, 5.74) is 0.788. The van der Waals surface area contributed by atoms with Crippen LogP contribution in [-0.2, 0) is 4.74 Å². The van der Waals surface area contributed by atoms with Gasteiger partial charge in [-0.05, 0) is 68.7 Å².